The number of ether oxygens (including phenoxy) is 26. The van der Waals surface area contributed by atoms with Gasteiger partial charge in [0.1, 0.15) is 17.5 Å². The van der Waals surface area contributed by atoms with E-state index in [-0.39, 0.29) is 18.4 Å². The maximum Gasteiger partial charge on any atom is 0.322 e. The molecule has 0 saturated heterocycles. The molecule has 103 heavy (non-hydrogen) atoms. The first-order valence-corrected chi connectivity index (χ1v) is 36.4. The number of carbonyl (C=O) groups is 2. The Morgan fingerprint density at radius 2 is 0.718 bits per heavy atom. The van der Waals surface area contributed by atoms with Crippen molar-refractivity contribution >= 4 is 28.7 Å². The lowest BCUT2D eigenvalue weighted by molar-refractivity contribution is -0.143. The van der Waals surface area contributed by atoms with E-state index < -0.39 is 5.92 Å². The van der Waals surface area contributed by atoms with E-state index in [1.165, 1.54) is 0 Å². The van der Waals surface area contributed by atoms with E-state index in [1.54, 1.807) is 21.1 Å². The predicted octanol–water partition coefficient (Wildman–Crippen LogP) is 4.09. The van der Waals surface area contributed by atoms with Crippen molar-refractivity contribution in [2.45, 2.75) is 38.6 Å². The minimum absolute atomic E-state index is 0.256. The smallest absolute Gasteiger partial charge is 0.322 e. The number of aromatic nitrogens is 2. The number of benzene rings is 2. The average Bonchev–Trinajstić information content (AvgIpc) is 1.67. The number of rotatable bonds is 79. The molecule has 1 atom stereocenters. The molecule has 0 saturated carbocycles. The highest BCUT2D eigenvalue weighted by Gasteiger charge is 2.34. The lowest BCUT2D eigenvalue weighted by Gasteiger charge is -2.28. The van der Waals surface area contributed by atoms with Crippen molar-refractivity contribution in [3.63, 3.8) is 0 Å². The molecule has 0 spiro atoms. The Labute approximate surface area is 609 Å². The third kappa shape index (κ3) is 49.3. The van der Waals surface area contributed by atoms with Crippen molar-refractivity contribution in [3.8, 4) is 5.75 Å². The summed E-state index contributed by atoms with van der Waals surface area (Å²) in [5.41, 5.74) is 3.40. The molecule has 1 aromatic heterocycles. The van der Waals surface area contributed by atoms with Gasteiger partial charge in [-0.25, -0.2) is 4.98 Å². The van der Waals surface area contributed by atoms with Gasteiger partial charge in [0.05, 0.1) is 322 Å². The number of hydrogen-bond donors (Lipinski definition) is 0. The zero-order chi connectivity index (χ0) is 72.9. The molecule has 0 radical (unpaired) electrons. The number of hydrogen-bond acceptors (Lipinski definition) is 30. The normalized spacial score (nSPS) is 13.0. The standard InChI is InChI=1S/C72H123N3O28/c1-4-102-70(76)10-7-13-75-68-9-6-5-8-67(68)73-71(75)66-62-64-11-12-65(63-69(64)103-72(66)77)74(14-16-80-22-24-84-30-32-88-38-40-92-46-48-96-54-56-100-60-58-98-52-50-94-44-42-90-36-34-86-28-26-82-20-18-78-2)15-17-81-23-25-85-31-33-89-39-41-93-47-49-97-55-57-101-61-59-99-53-51-95-45-43-91-37-35-87-29-27-83-21-19-79-3/h5-6,8-9,11-12,63,66H,4,7,10,13-62H2,1-3H3. The number of nitrogens with zero attached hydrogens (tertiary/aromatic N) is 3. The fraction of sp³-hybridized carbons (Fsp3) is 0.792. The van der Waals surface area contributed by atoms with Gasteiger partial charge in [-0.05, 0) is 43.5 Å². The molecular weight excluding hydrogens is 1350 g/mol. The number of imidazole rings is 1. The summed E-state index contributed by atoms with van der Waals surface area (Å²) in [5.74, 6) is -0.176. The third-order valence-corrected chi connectivity index (χ3v) is 14.7. The van der Waals surface area contributed by atoms with Crippen LogP contribution in [-0.2, 0) is 141 Å². The van der Waals surface area contributed by atoms with E-state index in [9.17, 15) is 9.59 Å². The van der Waals surface area contributed by atoms with Gasteiger partial charge in [0.2, 0.25) is 0 Å². The Balaban J connectivity index is 1.00. The number of methoxy groups -OCH3 is 2. The summed E-state index contributed by atoms with van der Waals surface area (Å²) in [6.07, 6.45) is 1.20. The van der Waals surface area contributed by atoms with Gasteiger partial charge in [-0.3, -0.25) is 9.59 Å². The summed E-state index contributed by atoms with van der Waals surface area (Å²) in [7, 11) is 3.28. The van der Waals surface area contributed by atoms with E-state index in [4.69, 9.17) is 128 Å². The second kappa shape index (κ2) is 68.2. The molecule has 0 amide bonds. The van der Waals surface area contributed by atoms with Crippen LogP contribution in [0.25, 0.3) is 11.0 Å². The van der Waals surface area contributed by atoms with Crippen molar-refractivity contribution in [2.24, 2.45) is 0 Å². The minimum atomic E-state index is -0.635. The number of para-hydroxylation sites is 2. The van der Waals surface area contributed by atoms with Gasteiger partial charge >= 0.3 is 11.9 Å². The van der Waals surface area contributed by atoms with Crippen LogP contribution in [0.15, 0.2) is 42.5 Å². The van der Waals surface area contributed by atoms with Crippen molar-refractivity contribution in [1.29, 1.82) is 0 Å². The summed E-state index contributed by atoms with van der Waals surface area (Å²) < 4.78 is 146. The SMILES string of the molecule is CCOC(=O)CCCn1c(C2Cc3ccc(N(CCOCCOCCOCCOCCOCCOCCOCCOCCOCCOCCOCCOC)CCOCCOCCOCCOCCOCCOCCOCCOCCOCCOCCOCCOC)cc3OC2=O)nc2ccccc21. The van der Waals surface area contributed by atoms with Gasteiger partial charge in [0.25, 0.3) is 0 Å². The second-order valence-electron chi connectivity index (χ2n) is 22.4. The van der Waals surface area contributed by atoms with Crippen LogP contribution in [-0.4, -0.2) is 359 Å². The topological polar surface area (TPSA) is 295 Å². The largest absolute Gasteiger partial charge is 0.466 e. The van der Waals surface area contributed by atoms with Gasteiger partial charge in [0.15, 0.2) is 0 Å². The molecular formula is C72H123N3O28. The number of anilines is 1. The van der Waals surface area contributed by atoms with Crippen LogP contribution >= 0.6 is 0 Å². The van der Waals surface area contributed by atoms with Crippen LogP contribution < -0.4 is 9.64 Å². The summed E-state index contributed by atoms with van der Waals surface area (Å²) >= 11 is 0. The first-order chi connectivity index (χ1) is 51.0. The first kappa shape index (κ1) is 91.1. The number of fused-ring (bicyclic) bond motifs is 2. The zero-order valence-electron chi connectivity index (χ0n) is 61.9. The summed E-state index contributed by atoms with van der Waals surface area (Å²) in [5, 5.41) is 0. The van der Waals surface area contributed by atoms with Gasteiger partial charge in [-0.1, -0.05) is 18.2 Å². The first-order valence-electron chi connectivity index (χ1n) is 36.4. The molecule has 594 valence electrons. The third-order valence-electron chi connectivity index (χ3n) is 14.7. The summed E-state index contributed by atoms with van der Waals surface area (Å²) in [6.45, 7) is 25.5. The van der Waals surface area contributed by atoms with Crippen LogP contribution in [0.2, 0.25) is 0 Å². The van der Waals surface area contributed by atoms with E-state index in [2.05, 4.69) is 4.90 Å². The van der Waals surface area contributed by atoms with E-state index in [1.807, 2.05) is 47.0 Å². The molecule has 2 aromatic carbocycles. The maximum absolute atomic E-state index is 13.9. The highest BCUT2D eigenvalue weighted by molar-refractivity contribution is 5.85. The molecule has 1 unspecified atom stereocenters. The molecule has 0 N–H and O–H groups in total. The monoisotopic (exact) mass is 1480 g/mol. The zero-order valence-corrected chi connectivity index (χ0v) is 61.9. The Hall–Kier alpha value is -4.31. The van der Waals surface area contributed by atoms with Crippen LogP contribution in [0.5, 0.6) is 5.75 Å². The quantitative estimate of drug-likeness (QED) is 0.0437. The fourth-order valence-corrected chi connectivity index (χ4v) is 9.50. The van der Waals surface area contributed by atoms with Crippen molar-refractivity contribution in [2.75, 3.05) is 343 Å². The summed E-state index contributed by atoms with van der Waals surface area (Å²) in [4.78, 5) is 33.2. The number of carbonyl (C=O) groups excluding carboxylic acids is 2. The lowest BCUT2D eigenvalue weighted by atomic mass is 9.94. The highest BCUT2D eigenvalue weighted by Crippen LogP contribution is 2.37. The highest BCUT2D eigenvalue weighted by atomic mass is 16.6. The number of aryl methyl sites for hydroxylation is 1. The van der Waals surface area contributed by atoms with Gasteiger partial charge in [-0.15, -0.1) is 0 Å². The molecule has 1 aliphatic heterocycles. The Bertz CT molecular complexity index is 2330. The van der Waals surface area contributed by atoms with Crippen LogP contribution in [0, 0.1) is 0 Å². The average molecular weight is 1480 g/mol. The Morgan fingerprint density at radius 1 is 0.417 bits per heavy atom. The molecule has 2 heterocycles. The molecule has 1 aliphatic rings. The van der Waals surface area contributed by atoms with Crippen LogP contribution in [0.1, 0.15) is 37.1 Å². The van der Waals surface area contributed by atoms with Crippen LogP contribution in [0.3, 0.4) is 0 Å². The maximum atomic E-state index is 13.9. The van der Waals surface area contributed by atoms with Crippen molar-refractivity contribution in [1.82, 2.24) is 9.55 Å². The lowest BCUT2D eigenvalue weighted by Crippen LogP contribution is -2.32. The molecule has 0 fully saturated rings. The van der Waals surface area contributed by atoms with E-state index in [0.717, 1.165) is 22.3 Å². The minimum Gasteiger partial charge on any atom is -0.466 e. The molecule has 0 bridgehead atoms. The fourth-order valence-electron chi connectivity index (χ4n) is 9.50. The molecule has 31 heteroatoms. The van der Waals surface area contributed by atoms with Crippen LogP contribution in [0.4, 0.5) is 5.69 Å². The van der Waals surface area contributed by atoms with Crippen molar-refractivity contribution < 1.29 is 133 Å². The van der Waals surface area contributed by atoms with E-state index >= 15 is 0 Å². The predicted molar refractivity (Wildman–Crippen MR) is 378 cm³/mol. The van der Waals surface area contributed by atoms with Gasteiger partial charge < -0.3 is 133 Å². The molecule has 31 nitrogen and oxygen atoms in total. The molecule has 0 aliphatic carbocycles. The Morgan fingerprint density at radius 3 is 1.03 bits per heavy atom. The summed E-state index contributed by atoms with van der Waals surface area (Å²) in [6, 6.07) is 13.7. The van der Waals surface area contributed by atoms with Crippen molar-refractivity contribution in [3.05, 3.63) is 53.9 Å². The molecule has 4 rings (SSSR count). The van der Waals surface area contributed by atoms with E-state index in [0.29, 0.717) is 355 Å². The second-order valence-corrected chi connectivity index (χ2v) is 22.4. The van der Waals surface area contributed by atoms with Gasteiger partial charge in [-0.2, -0.15) is 0 Å². The Kier molecular flexibility index (Phi) is 60.3. The number of esters is 2. The molecule has 3 aromatic rings. The van der Waals surface area contributed by atoms with Gasteiger partial charge in [0, 0.05) is 52.0 Å².